The number of amides is 3. The van der Waals surface area contributed by atoms with E-state index >= 15 is 0 Å². The van der Waals surface area contributed by atoms with Gasteiger partial charge in [0.1, 0.15) is 5.69 Å². The maximum Gasteiger partial charge on any atom is 0.325 e. The van der Waals surface area contributed by atoms with Crippen LogP contribution in [0.4, 0.5) is 15.6 Å². The number of hydrogen-bond acceptors (Lipinski definition) is 4. The number of hydrogen-bond donors (Lipinski definition) is 3. The number of carbonyl (C=O) groups is 2. The summed E-state index contributed by atoms with van der Waals surface area (Å²) >= 11 is 1.20. The molecule has 110 valence electrons. The van der Waals surface area contributed by atoms with E-state index in [1.165, 1.54) is 11.3 Å². The van der Waals surface area contributed by atoms with Crippen molar-refractivity contribution < 1.29 is 9.59 Å². The first kappa shape index (κ1) is 15.0. The molecule has 0 saturated carbocycles. The SMILES string of the molecule is CCNC(=O)c1csc(NC(=O)Nc2ccc(C)cc2)n1. The Kier molecular flexibility index (Phi) is 4.89. The van der Waals surface area contributed by atoms with Gasteiger partial charge >= 0.3 is 6.03 Å². The number of anilines is 2. The molecule has 0 radical (unpaired) electrons. The lowest BCUT2D eigenvalue weighted by molar-refractivity contribution is 0.0951. The van der Waals surface area contributed by atoms with Crippen LogP contribution in [-0.4, -0.2) is 23.5 Å². The zero-order chi connectivity index (χ0) is 15.2. The summed E-state index contributed by atoms with van der Waals surface area (Å²) in [5.74, 6) is -0.249. The average molecular weight is 304 g/mol. The van der Waals surface area contributed by atoms with E-state index in [0.717, 1.165) is 5.56 Å². The first-order valence-electron chi connectivity index (χ1n) is 6.47. The number of nitrogens with one attached hydrogen (secondary N) is 3. The third-order valence-electron chi connectivity index (χ3n) is 2.60. The molecule has 2 rings (SSSR count). The van der Waals surface area contributed by atoms with Crippen molar-refractivity contribution in [2.45, 2.75) is 13.8 Å². The van der Waals surface area contributed by atoms with Gasteiger partial charge in [-0.3, -0.25) is 10.1 Å². The van der Waals surface area contributed by atoms with Gasteiger partial charge in [0.2, 0.25) is 0 Å². The number of aromatic nitrogens is 1. The molecule has 0 aliphatic heterocycles. The number of urea groups is 1. The molecule has 1 heterocycles. The summed E-state index contributed by atoms with van der Waals surface area (Å²) in [6.07, 6.45) is 0. The molecule has 0 atom stereocenters. The second-order valence-electron chi connectivity index (χ2n) is 4.34. The van der Waals surface area contributed by atoms with Gasteiger partial charge in [0.25, 0.3) is 5.91 Å². The molecule has 0 saturated heterocycles. The molecule has 1 aromatic carbocycles. The lowest BCUT2D eigenvalue weighted by Crippen LogP contribution is -2.23. The van der Waals surface area contributed by atoms with Crippen molar-refractivity contribution in [2.24, 2.45) is 0 Å². The molecule has 3 amide bonds. The van der Waals surface area contributed by atoms with Crippen molar-refractivity contribution in [3.63, 3.8) is 0 Å². The van der Waals surface area contributed by atoms with E-state index in [1.807, 2.05) is 38.1 Å². The van der Waals surface area contributed by atoms with Gasteiger partial charge in [-0.1, -0.05) is 17.7 Å². The molecular formula is C14H16N4O2S. The summed E-state index contributed by atoms with van der Waals surface area (Å²) in [5.41, 5.74) is 2.11. The van der Waals surface area contributed by atoms with Crippen LogP contribution in [0.5, 0.6) is 0 Å². The molecular weight excluding hydrogens is 288 g/mol. The second kappa shape index (κ2) is 6.85. The van der Waals surface area contributed by atoms with Gasteiger partial charge in [0, 0.05) is 17.6 Å². The Morgan fingerprint density at radius 1 is 1.19 bits per heavy atom. The van der Waals surface area contributed by atoms with Crippen LogP contribution >= 0.6 is 11.3 Å². The average Bonchev–Trinajstić information content (AvgIpc) is 2.90. The zero-order valence-electron chi connectivity index (χ0n) is 11.8. The molecule has 0 spiro atoms. The number of thiazole rings is 1. The first-order valence-corrected chi connectivity index (χ1v) is 7.35. The van der Waals surface area contributed by atoms with Gasteiger partial charge < -0.3 is 10.6 Å². The van der Waals surface area contributed by atoms with Crippen molar-refractivity contribution in [1.29, 1.82) is 0 Å². The molecule has 0 fully saturated rings. The number of aryl methyl sites for hydroxylation is 1. The van der Waals surface area contributed by atoms with Crippen molar-refractivity contribution in [3.8, 4) is 0 Å². The Hall–Kier alpha value is -2.41. The molecule has 0 bridgehead atoms. The highest BCUT2D eigenvalue weighted by Gasteiger charge is 2.11. The topological polar surface area (TPSA) is 83.1 Å². The smallest absolute Gasteiger partial charge is 0.325 e. The monoisotopic (exact) mass is 304 g/mol. The first-order chi connectivity index (χ1) is 10.1. The van der Waals surface area contributed by atoms with Gasteiger partial charge in [-0.25, -0.2) is 9.78 Å². The molecule has 0 aliphatic carbocycles. The lowest BCUT2D eigenvalue weighted by atomic mass is 10.2. The molecule has 6 nitrogen and oxygen atoms in total. The number of nitrogens with zero attached hydrogens (tertiary/aromatic N) is 1. The fourth-order valence-electron chi connectivity index (χ4n) is 1.58. The summed E-state index contributed by atoms with van der Waals surface area (Å²) in [7, 11) is 0. The van der Waals surface area contributed by atoms with Crippen molar-refractivity contribution >= 4 is 34.1 Å². The molecule has 7 heteroatoms. The normalized spacial score (nSPS) is 10.0. The van der Waals surface area contributed by atoms with Crippen LogP contribution in [0.15, 0.2) is 29.6 Å². The van der Waals surface area contributed by atoms with Crippen LogP contribution in [0.1, 0.15) is 23.0 Å². The van der Waals surface area contributed by atoms with E-state index in [2.05, 4.69) is 20.9 Å². The maximum atomic E-state index is 11.8. The highest BCUT2D eigenvalue weighted by Crippen LogP contribution is 2.16. The fourth-order valence-corrected chi connectivity index (χ4v) is 2.27. The molecule has 1 aromatic heterocycles. The lowest BCUT2D eigenvalue weighted by Gasteiger charge is -2.05. The van der Waals surface area contributed by atoms with Gasteiger partial charge in [-0.2, -0.15) is 0 Å². The van der Waals surface area contributed by atoms with Crippen molar-refractivity contribution in [3.05, 3.63) is 40.9 Å². The third kappa shape index (κ3) is 4.28. The highest BCUT2D eigenvalue weighted by atomic mass is 32.1. The predicted octanol–water partition coefficient (Wildman–Crippen LogP) is 2.85. The molecule has 2 aromatic rings. The Morgan fingerprint density at radius 3 is 2.57 bits per heavy atom. The van der Waals surface area contributed by atoms with Crippen LogP contribution in [-0.2, 0) is 0 Å². The van der Waals surface area contributed by atoms with Gasteiger partial charge in [0.05, 0.1) is 0 Å². The van der Waals surface area contributed by atoms with E-state index in [4.69, 9.17) is 0 Å². The minimum Gasteiger partial charge on any atom is -0.351 e. The quantitative estimate of drug-likeness (QED) is 0.812. The second-order valence-corrected chi connectivity index (χ2v) is 5.20. The van der Waals surface area contributed by atoms with Gasteiger partial charge in [0.15, 0.2) is 5.13 Å². The maximum absolute atomic E-state index is 11.8. The molecule has 21 heavy (non-hydrogen) atoms. The molecule has 3 N–H and O–H groups in total. The summed E-state index contributed by atoms with van der Waals surface area (Å²) < 4.78 is 0. The van der Waals surface area contributed by atoms with E-state index in [-0.39, 0.29) is 5.91 Å². The largest absolute Gasteiger partial charge is 0.351 e. The minimum atomic E-state index is -0.393. The number of benzene rings is 1. The van der Waals surface area contributed by atoms with Crippen LogP contribution in [0.3, 0.4) is 0 Å². The van der Waals surface area contributed by atoms with Crippen LogP contribution in [0, 0.1) is 6.92 Å². The standard InChI is InChI=1S/C14H16N4O2S/c1-3-15-12(19)11-8-21-14(17-11)18-13(20)16-10-6-4-9(2)5-7-10/h4-8H,3H2,1-2H3,(H,15,19)(H2,16,17,18,20). The Balaban J connectivity index is 1.93. The van der Waals surface area contributed by atoms with E-state index in [1.54, 1.807) is 5.38 Å². The third-order valence-corrected chi connectivity index (χ3v) is 3.36. The summed E-state index contributed by atoms with van der Waals surface area (Å²) in [6.45, 7) is 4.34. The van der Waals surface area contributed by atoms with E-state index in [9.17, 15) is 9.59 Å². The Labute approximate surface area is 126 Å². The summed E-state index contributed by atoms with van der Waals surface area (Å²) in [4.78, 5) is 27.4. The van der Waals surface area contributed by atoms with E-state index < -0.39 is 6.03 Å². The van der Waals surface area contributed by atoms with Crippen molar-refractivity contribution in [2.75, 3.05) is 17.2 Å². The van der Waals surface area contributed by atoms with Crippen LogP contribution < -0.4 is 16.0 Å². The zero-order valence-corrected chi connectivity index (χ0v) is 12.6. The molecule has 0 unspecified atom stereocenters. The van der Waals surface area contributed by atoms with Crippen LogP contribution in [0.25, 0.3) is 0 Å². The number of carbonyl (C=O) groups excluding carboxylic acids is 2. The fraction of sp³-hybridized carbons (Fsp3) is 0.214. The minimum absolute atomic E-state index is 0.249. The Bertz CT molecular complexity index is 637. The Morgan fingerprint density at radius 2 is 1.90 bits per heavy atom. The van der Waals surface area contributed by atoms with Gasteiger partial charge in [-0.15, -0.1) is 11.3 Å². The molecule has 0 aliphatic rings. The van der Waals surface area contributed by atoms with E-state index in [0.29, 0.717) is 23.1 Å². The summed E-state index contributed by atoms with van der Waals surface area (Å²) in [5, 5.41) is 9.93. The summed E-state index contributed by atoms with van der Waals surface area (Å²) in [6, 6.07) is 7.06. The van der Waals surface area contributed by atoms with Crippen LogP contribution in [0.2, 0.25) is 0 Å². The van der Waals surface area contributed by atoms with Gasteiger partial charge in [-0.05, 0) is 26.0 Å². The predicted molar refractivity (Wildman–Crippen MR) is 83.9 cm³/mol. The van der Waals surface area contributed by atoms with Crippen molar-refractivity contribution in [1.82, 2.24) is 10.3 Å². The number of rotatable bonds is 4. The highest BCUT2D eigenvalue weighted by molar-refractivity contribution is 7.14.